The average Bonchev–Trinajstić information content (AvgIpc) is 2.88. The van der Waals surface area contributed by atoms with Crippen LogP contribution < -0.4 is 5.32 Å². The number of methoxy groups -OCH3 is 1. The van der Waals surface area contributed by atoms with Crippen LogP contribution in [0.3, 0.4) is 0 Å². The van der Waals surface area contributed by atoms with Gasteiger partial charge in [0.15, 0.2) is 0 Å². The molecule has 1 atom stereocenters. The van der Waals surface area contributed by atoms with Gasteiger partial charge in [0.25, 0.3) is 5.91 Å². The van der Waals surface area contributed by atoms with Crippen LogP contribution in [0.2, 0.25) is 0 Å². The van der Waals surface area contributed by atoms with E-state index < -0.39 is 0 Å². The number of rotatable bonds is 5. The van der Waals surface area contributed by atoms with Gasteiger partial charge < -0.3 is 15.2 Å². The fourth-order valence-electron chi connectivity index (χ4n) is 1.48. The monoisotopic (exact) mass is 271 g/mol. The number of ether oxygens (including phenoxy) is 1. The molecule has 2 aromatic heterocycles. The number of aliphatic hydroxyl groups is 1. The molecule has 17 heavy (non-hydrogen) atoms. The molecule has 0 aliphatic heterocycles. The number of hydrogen-bond donors (Lipinski definition) is 2. The summed E-state index contributed by atoms with van der Waals surface area (Å²) in [6.07, 6.45) is 0. The van der Waals surface area contributed by atoms with Gasteiger partial charge in [0.2, 0.25) is 0 Å². The zero-order chi connectivity index (χ0) is 12.3. The summed E-state index contributed by atoms with van der Waals surface area (Å²) >= 11 is 3.08. The molecular weight excluding hydrogens is 258 g/mol. The van der Waals surface area contributed by atoms with Crippen LogP contribution in [0.4, 0.5) is 0 Å². The zero-order valence-corrected chi connectivity index (χ0v) is 10.9. The van der Waals surface area contributed by atoms with Crippen molar-refractivity contribution >= 4 is 38.0 Å². The maximum atomic E-state index is 11.9. The molecule has 0 spiro atoms. The second kappa shape index (κ2) is 5.59. The lowest BCUT2D eigenvalue weighted by atomic mass is 10.3. The van der Waals surface area contributed by atoms with E-state index >= 15 is 0 Å². The Kier molecular flexibility index (Phi) is 4.11. The van der Waals surface area contributed by atoms with Crippen LogP contribution in [0.15, 0.2) is 17.5 Å². The number of carbonyl (C=O) groups excluding carboxylic acids is 1. The number of hydrogen-bond acceptors (Lipinski definition) is 5. The van der Waals surface area contributed by atoms with Gasteiger partial charge in [0, 0.05) is 16.5 Å². The largest absolute Gasteiger partial charge is 0.394 e. The standard InChI is InChI=1S/C11H13NO3S2/c1-15-6-7(5-13)12-11(14)10-4-9-8(17-10)2-3-16-9/h2-4,7,13H,5-6H2,1H3,(H,12,14). The van der Waals surface area contributed by atoms with E-state index in [1.165, 1.54) is 18.4 Å². The minimum absolute atomic E-state index is 0.126. The summed E-state index contributed by atoms with van der Waals surface area (Å²) in [4.78, 5) is 12.6. The van der Waals surface area contributed by atoms with Gasteiger partial charge in [-0.25, -0.2) is 0 Å². The second-order valence-corrected chi connectivity index (χ2v) is 5.60. The Morgan fingerprint density at radius 3 is 3.06 bits per heavy atom. The van der Waals surface area contributed by atoms with E-state index in [4.69, 9.17) is 9.84 Å². The molecule has 2 aromatic rings. The van der Waals surface area contributed by atoms with Gasteiger partial charge in [-0.15, -0.1) is 22.7 Å². The third kappa shape index (κ3) is 2.84. The smallest absolute Gasteiger partial charge is 0.261 e. The van der Waals surface area contributed by atoms with E-state index in [0.717, 1.165) is 9.40 Å². The van der Waals surface area contributed by atoms with Crippen molar-refractivity contribution in [3.63, 3.8) is 0 Å². The number of carbonyl (C=O) groups is 1. The molecule has 1 amide bonds. The number of thiophene rings is 2. The molecule has 0 saturated carbocycles. The summed E-state index contributed by atoms with van der Waals surface area (Å²) in [7, 11) is 1.54. The summed E-state index contributed by atoms with van der Waals surface area (Å²) in [5.41, 5.74) is 0. The highest BCUT2D eigenvalue weighted by molar-refractivity contribution is 7.27. The average molecular weight is 271 g/mol. The summed E-state index contributed by atoms with van der Waals surface area (Å²) in [5, 5.41) is 13.8. The van der Waals surface area contributed by atoms with Gasteiger partial charge in [0.05, 0.1) is 24.1 Å². The van der Waals surface area contributed by atoms with Crippen LogP contribution in [0, 0.1) is 0 Å². The van der Waals surface area contributed by atoms with Crippen LogP contribution in [-0.4, -0.2) is 37.4 Å². The maximum Gasteiger partial charge on any atom is 0.261 e. The molecule has 6 heteroatoms. The Bertz CT molecular complexity index is 477. The Morgan fingerprint density at radius 2 is 2.41 bits per heavy atom. The van der Waals surface area contributed by atoms with E-state index in [1.807, 2.05) is 17.5 Å². The summed E-state index contributed by atoms with van der Waals surface area (Å²) in [6.45, 7) is 0.182. The SMILES string of the molecule is COCC(CO)NC(=O)c1cc2sccc2s1. The number of fused-ring (bicyclic) bond motifs is 1. The minimum Gasteiger partial charge on any atom is -0.394 e. The molecule has 2 N–H and O–H groups in total. The van der Waals surface area contributed by atoms with Gasteiger partial charge in [-0.3, -0.25) is 4.79 Å². The van der Waals surface area contributed by atoms with Crippen molar-refractivity contribution in [1.82, 2.24) is 5.32 Å². The highest BCUT2D eigenvalue weighted by Gasteiger charge is 2.15. The highest BCUT2D eigenvalue weighted by atomic mass is 32.1. The number of nitrogens with one attached hydrogen (secondary N) is 1. The number of aliphatic hydroxyl groups excluding tert-OH is 1. The van der Waals surface area contributed by atoms with Crippen molar-refractivity contribution in [3.05, 3.63) is 22.4 Å². The van der Waals surface area contributed by atoms with Crippen LogP contribution in [0.25, 0.3) is 9.40 Å². The van der Waals surface area contributed by atoms with Crippen molar-refractivity contribution in [2.24, 2.45) is 0 Å². The Balaban J connectivity index is 2.06. The molecule has 4 nitrogen and oxygen atoms in total. The van der Waals surface area contributed by atoms with E-state index in [1.54, 1.807) is 11.3 Å². The van der Waals surface area contributed by atoms with Crippen molar-refractivity contribution < 1.29 is 14.6 Å². The fraction of sp³-hybridized carbons (Fsp3) is 0.364. The lowest BCUT2D eigenvalue weighted by Crippen LogP contribution is -2.40. The van der Waals surface area contributed by atoms with Crippen molar-refractivity contribution in [2.75, 3.05) is 20.3 Å². The van der Waals surface area contributed by atoms with Crippen LogP contribution in [-0.2, 0) is 4.74 Å². The van der Waals surface area contributed by atoms with E-state index in [-0.39, 0.29) is 18.6 Å². The zero-order valence-electron chi connectivity index (χ0n) is 9.30. The second-order valence-electron chi connectivity index (χ2n) is 3.57. The van der Waals surface area contributed by atoms with Crippen molar-refractivity contribution in [3.8, 4) is 0 Å². The topological polar surface area (TPSA) is 58.6 Å². The van der Waals surface area contributed by atoms with Crippen molar-refractivity contribution in [2.45, 2.75) is 6.04 Å². The maximum absolute atomic E-state index is 11.9. The predicted molar refractivity (Wildman–Crippen MR) is 69.9 cm³/mol. The molecule has 2 rings (SSSR count). The minimum atomic E-state index is -0.354. The Hall–Kier alpha value is -0.950. The lowest BCUT2D eigenvalue weighted by molar-refractivity contribution is 0.0843. The third-order valence-corrected chi connectivity index (χ3v) is 4.38. The molecule has 0 fully saturated rings. The normalized spacial score (nSPS) is 12.8. The highest BCUT2D eigenvalue weighted by Crippen LogP contribution is 2.29. The molecule has 1 unspecified atom stereocenters. The van der Waals surface area contributed by atoms with Crippen molar-refractivity contribution in [1.29, 1.82) is 0 Å². The van der Waals surface area contributed by atoms with Crippen LogP contribution >= 0.6 is 22.7 Å². The van der Waals surface area contributed by atoms with Crippen LogP contribution in [0.5, 0.6) is 0 Å². The van der Waals surface area contributed by atoms with Gasteiger partial charge in [-0.1, -0.05) is 0 Å². The van der Waals surface area contributed by atoms with E-state index in [0.29, 0.717) is 11.5 Å². The third-order valence-electron chi connectivity index (χ3n) is 2.29. The number of amides is 1. The molecular formula is C11H13NO3S2. The molecule has 0 aromatic carbocycles. The van der Waals surface area contributed by atoms with Gasteiger partial charge >= 0.3 is 0 Å². The summed E-state index contributed by atoms with van der Waals surface area (Å²) < 4.78 is 7.14. The van der Waals surface area contributed by atoms with E-state index in [2.05, 4.69) is 5.32 Å². The molecule has 0 radical (unpaired) electrons. The lowest BCUT2D eigenvalue weighted by Gasteiger charge is -2.14. The van der Waals surface area contributed by atoms with E-state index in [9.17, 15) is 4.79 Å². The molecule has 2 heterocycles. The Morgan fingerprint density at radius 1 is 1.59 bits per heavy atom. The first-order valence-electron chi connectivity index (χ1n) is 5.12. The fourth-order valence-corrected chi connectivity index (χ4v) is 3.49. The molecule has 0 aliphatic carbocycles. The Labute approximate surface area is 107 Å². The van der Waals surface area contributed by atoms with Gasteiger partial charge in [0.1, 0.15) is 0 Å². The molecule has 0 aliphatic rings. The molecule has 0 bridgehead atoms. The predicted octanol–water partition coefficient (Wildman–Crippen LogP) is 1.70. The quantitative estimate of drug-likeness (QED) is 0.870. The van der Waals surface area contributed by atoms with Gasteiger partial charge in [-0.2, -0.15) is 0 Å². The van der Waals surface area contributed by atoms with Gasteiger partial charge in [-0.05, 0) is 17.5 Å². The first-order chi connectivity index (χ1) is 8.24. The first-order valence-corrected chi connectivity index (χ1v) is 6.82. The van der Waals surface area contributed by atoms with Crippen LogP contribution in [0.1, 0.15) is 9.67 Å². The summed E-state index contributed by atoms with van der Waals surface area (Å²) in [5.74, 6) is -0.158. The molecule has 0 saturated heterocycles. The summed E-state index contributed by atoms with van der Waals surface area (Å²) in [6, 6.07) is 3.52. The first kappa shape index (κ1) is 12.5. The molecule has 92 valence electrons.